The topological polar surface area (TPSA) is 55.6 Å². The fraction of sp³-hybridized carbons (Fsp3) is 0.300. The maximum absolute atomic E-state index is 4.27. The zero-order valence-electron chi connectivity index (χ0n) is 9.02. The summed E-state index contributed by atoms with van der Waals surface area (Å²) in [4.78, 5) is 8.53. The lowest BCUT2D eigenvalue weighted by Gasteiger charge is -2.03. The summed E-state index contributed by atoms with van der Waals surface area (Å²) in [5, 5.41) is 7.24. The highest BCUT2D eigenvalue weighted by Gasteiger charge is 2.01. The second-order valence-corrected chi connectivity index (χ2v) is 3.47. The van der Waals surface area contributed by atoms with Crippen molar-refractivity contribution in [3.63, 3.8) is 0 Å². The van der Waals surface area contributed by atoms with Crippen molar-refractivity contribution in [3.05, 3.63) is 29.7 Å². The molecule has 0 saturated heterocycles. The van der Waals surface area contributed by atoms with Crippen LogP contribution in [0.5, 0.6) is 0 Å². The Morgan fingerprint density at radius 1 is 1.20 bits per heavy atom. The van der Waals surface area contributed by atoms with Gasteiger partial charge in [0.1, 0.15) is 0 Å². The molecule has 0 radical (unpaired) electrons. The van der Waals surface area contributed by atoms with Crippen molar-refractivity contribution in [1.82, 2.24) is 19.7 Å². The first-order valence-corrected chi connectivity index (χ1v) is 4.72. The van der Waals surface area contributed by atoms with Gasteiger partial charge in [-0.15, -0.1) is 0 Å². The number of hydrogen-bond acceptors (Lipinski definition) is 4. The molecule has 0 atom stereocenters. The zero-order chi connectivity index (χ0) is 10.8. The SMILES string of the molecule is Cc1cc(C)nc(Nc2ccn(C)n2)n1. The highest BCUT2D eigenvalue weighted by molar-refractivity contribution is 5.46. The van der Waals surface area contributed by atoms with Crippen LogP contribution in [0.3, 0.4) is 0 Å². The van der Waals surface area contributed by atoms with Crippen molar-refractivity contribution in [2.75, 3.05) is 5.32 Å². The van der Waals surface area contributed by atoms with E-state index in [0.717, 1.165) is 17.2 Å². The molecular formula is C10H13N5. The molecule has 0 aliphatic rings. The number of aromatic nitrogens is 4. The molecule has 5 nitrogen and oxygen atoms in total. The maximum Gasteiger partial charge on any atom is 0.228 e. The quantitative estimate of drug-likeness (QED) is 0.805. The van der Waals surface area contributed by atoms with Gasteiger partial charge in [-0.1, -0.05) is 0 Å². The maximum atomic E-state index is 4.27. The van der Waals surface area contributed by atoms with Gasteiger partial charge in [-0.25, -0.2) is 9.97 Å². The van der Waals surface area contributed by atoms with Crippen molar-refractivity contribution in [2.24, 2.45) is 7.05 Å². The van der Waals surface area contributed by atoms with Crippen molar-refractivity contribution >= 4 is 11.8 Å². The monoisotopic (exact) mass is 203 g/mol. The van der Waals surface area contributed by atoms with Gasteiger partial charge >= 0.3 is 0 Å². The minimum absolute atomic E-state index is 0.589. The summed E-state index contributed by atoms with van der Waals surface area (Å²) in [5.41, 5.74) is 1.89. The summed E-state index contributed by atoms with van der Waals surface area (Å²) in [6.45, 7) is 3.89. The molecule has 0 saturated carbocycles. The lowest BCUT2D eigenvalue weighted by Crippen LogP contribution is -2.00. The summed E-state index contributed by atoms with van der Waals surface area (Å²) in [5.74, 6) is 1.34. The van der Waals surface area contributed by atoms with Crippen LogP contribution in [0.4, 0.5) is 11.8 Å². The molecule has 0 aliphatic carbocycles. The molecule has 2 rings (SSSR count). The number of rotatable bonds is 2. The average molecular weight is 203 g/mol. The highest BCUT2D eigenvalue weighted by atomic mass is 15.3. The van der Waals surface area contributed by atoms with E-state index >= 15 is 0 Å². The predicted octanol–water partition coefficient (Wildman–Crippen LogP) is 1.57. The van der Waals surface area contributed by atoms with Crippen LogP contribution < -0.4 is 5.32 Å². The summed E-state index contributed by atoms with van der Waals surface area (Å²) in [6, 6.07) is 3.81. The van der Waals surface area contributed by atoms with Crippen molar-refractivity contribution in [1.29, 1.82) is 0 Å². The molecule has 0 fully saturated rings. The molecule has 0 amide bonds. The average Bonchev–Trinajstić information content (AvgIpc) is 2.49. The van der Waals surface area contributed by atoms with E-state index in [2.05, 4.69) is 20.4 Å². The molecular weight excluding hydrogens is 190 g/mol. The van der Waals surface area contributed by atoms with Gasteiger partial charge in [0.25, 0.3) is 0 Å². The van der Waals surface area contributed by atoms with Gasteiger partial charge in [0.05, 0.1) is 0 Å². The third-order valence-electron chi connectivity index (χ3n) is 1.94. The smallest absolute Gasteiger partial charge is 0.228 e. The van der Waals surface area contributed by atoms with E-state index in [-0.39, 0.29) is 0 Å². The Labute approximate surface area is 88.2 Å². The van der Waals surface area contributed by atoms with Crippen LogP contribution in [0, 0.1) is 13.8 Å². The molecule has 2 aromatic rings. The van der Waals surface area contributed by atoms with Crippen LogP contribution in [0.25, 0.3) is 0 Å². The lowest BCUT2D eigenvalue weighted by molar-refractivity contribution is 0.770. The molecule has 0 aliphatic heterocycles. The van der Waals surface area contributed by atoms with Gasteiger partial charge in [-0.2, -0.15) is 5.10 Å². The van der Waals surface area contributed by atoms with Crippen LogP contribution >= 0.6 is 0 Å². The molecule has 0 spiro atoms. The second kappa shape index (κ2) is 3.68. The van der Waals surface area contributed by atoms with Gasteiger partial charge in [0, 0.05) is 30.7 Å². The number of nitrogens with one attached hydrogen (secondary N) is 1. The van der Waals surface area contributed by atoms with Crippen LogP contribution in [0.15, 0.2) is 18.3 Å². The first-order valence-electron chi connectivity index (χ1n) is 4.72. The fourth-order valence-electron chi connectivity index (χ4n) is 1.38. The summed E-state index contributed by atoms with van der Waals surface area (Å²) >= 11 is 0. The molecule has 15 heavy (non-hydrogen) atoms. The molecule has 1 N–H and O–H groups in total. The van der Waals surface area contributed by atoms with E-state index in [1.54, 1.807) is 4.68 Å². The van der Waals surface area contributed by atoms with E-state index in [4.69, 9.17) is 0 Å². The second-order valence-electron chi connectivity index (χ2n) is 3.47. The van der Waals surface area contributed by atoms with Crippen LogP contribution in [0.1, 0.15) is 11.4 Å². The first kappa shape index (κ1) is 9.64. The van der Waals surface area contributed by atoms with E-state index in [9.17, 15) is 0 Å². The molecule has 78 valence electrons. The van der Waals surface area contributed by atoms with Gasteiger partial charge in [0.15, 0.2) is 5.82 Å². The molecule has 2 heterocycles. The number of aryl methyl sites for hydroxylation is 3. The van der Waals surface area contributed by atoms with E-state index < -0.39 is 0 Å². The van der Waals surface area contributed by atoms with Gasteiger partial charge in [-0.05, 0) is 19.9 Å². The predicted molar refractivity (Wildman–Crippen MR) is 58.0 cm³/mol. The molecule has 0 unspecified atom stereocenters. The number of anilines is 2. The summed E-state index contributed by atoms with van der Waals surface area (Å²) in [6.07, 6.45) is 1.87. The third-order valence-corrected chi connectivity index (χ3v) is 1.94. The Morgan fingerprint density at radius 2 is 1.87 bits per heavy atom. The molecule has 5 heteroatoms. The van der Waals surface area contributed by atoms with E-state index in [1.165, 1.54) is 0 Å². The summed E-state index contributed by atoms with van der Waals surface area (Å²) in [7, 11) is 1.87. The zero-order valence-corrected chi connectivity index (χ0v) is 9.02. The van der Waals surface area contributed by atoms with Crippen molar-refractivity contribution in [3.8, 4) is 0 Å². The Balaban J connectivity index is 2.24. The first-order chi connectivity index (χ1) is 7.13. The highest BCUT2D eigenvalue weighted by Crippen LogP contribution is 2.10. The van der Waals surface area contributed by atoms with Crippen molar-refractivity contribution < 1.29 is 0 Å². The van der Waals surface area contributed by atoms with Gasteiger partial charge < -0.3 is 5.32 Å². The fourth-order valence-corrected chi connectivity index (χ4v) is 1.38. The Hall–Kier alpha value is -1.91. The van der Waals surface area contributed by atoms with Crippen LogP contribution in [-0.2, 0) is 7.05 Å². The minimum Gasteiger partial charge on any atom is -0.307 e. The third kappa shape index (κ3) is 2.31. The van der Waals surface area contributed by atoms with Gasteiger partial charge in [-0.3, -0.25) is 4.68 Å². The summed E-state index contributed by atoms with van der Waals surface area (Å²) < 4.78 is 1.73. The van der Waals surface area contributed by atoms with Gasteiger partial charge in [0.2, 0.25) is 5.95 Å². The molecule has 0 aromatic carbocycles. The normalized spacial score (nSPS) is 10.3. The number of nitrogens with zero attached hydrogens (tertiary/aromatic N) is 4. The largest absolute Gasteiger partial charge is 0.307 e. The molecule has 2 aromatic heterocycles. The van der Waals surface area contributed by atoms with Crippen molar-refractivity contribution in [2.45, 2.75) is 13.8 Å². The van der Waals surface area contributed by atoms with Crippen LogP contribution in [0.2, 0.25) is 0 Å². The Bertz CT molecular complexity index is 454. The Kier molecular flexibility index (Phi) is 2.37. The molecule has 0 bridgehead atoms. The number of hydrogen-bond donors (Lipinski definition) is 1. The van der Waals surface area contributed by atoms with Crippen LogP contribution in [-0.4, -0.2) is 19.7 Å². The minimum atomic E-state index is 0.589. The van der Waals surface area contributed by atoms with E-state index in [0.29, 0.717) is 5.95 Å². The lowest BCUT2D eigenvalue weighted by atomic mass is 10.4. The van der Waals surface area contributed by atoms with E-state index in [1.807, 2.05) is 39.2 Å². The Morgan fingerprint density at radius 3 is 2.40 bits per heavy atom. The standard InChI is InChI=1S/C10H13N5/c1-7-6-8(2)12-10(11-7)13-9-4-5-15(3)14-9/h4-6H,1-3H3,(H,11,12,13,14).